The van der Waals surface area contributed by atoms with Crippen LogP contribution in [0.3, 0.4) is 0 Å². The molecule has 3 rings (SSSR count). The molecule has 0 spiro atoms. The summed E-state index contributed by atoms with van der Waals surface area (Å²) in [5.74, 6) is 1.34. The Morgan fingerprint density at radius 1 is 1.03 bits per heavy atom. The highest BCUT2D eigenvalue weighted by Crippen LogP contribution is 2.14. The average molecular weight is 548 g/mol. The number of carbonyl (C=O) groups is 1. The van der Waals surface area contributed by atoms with Gasteiger partial charge < -0.3 is 19.9 Å². The molecular formula is C24H29IN4O3. The molecule has 32 heavy (non-hydrogen) atoms. The Bertz CT molecular complexity index is 1020. The monoisotopic (exact) mass is 548 g/mol. The van der Waals surface area contributed by atoms with Gasteiger partial charge in [-0.2, -0.15) is 0 Å². The lowest BCUT2D eigenvalue weighted by molar-refractivity contribution is 0.0472. The minimum absolute atomic E-state index is 0. The minimum atomic E-state index is -0.348. The van der Waals surface area contributed by atoms with Crippen molar-refractivity contribution >= 4 is 35.9 Å². The molecule has 0 atom stereocenters. The molecule has 0 aliphatic rings. The van der Waals surface area contributed by atoms with E-state index in [1.165, 1.54) is 0 Å². The van der Waals surface area contributed by atoms with Crippen LogP contribution in [0.25, 0.3) is 0 Å². The average Bonchev–Trinajstić information content (AvgIpc) is 3.28. The third-order valence-electron chi connectivity index (χ3n) is 4.66. The van der Waals surface area contributed by atoms with Crippen LogP contribution in [-0.4, -0.2) is 24.1 Å². The van der Waals surface area contributed by atoms with E-state index >= 15 is 0 Å². The summed E-state index contributed by atoms with van der Waals surface area (Å²) in [7, 11) is 1.70. The zero-order valence-electron chi connectivity index (χ0n) is 18.5. The Balaban J connectivity index is 0.00000363. The quantitative estimate of drug-likeness (QED) is 0.185. The van der Waals surface area contributed by atoms with Crippen molar-refractivity contribution < 1.29 is 14.1 Å². The van der Waals surface area contributed by atoms with E-state index in [9.17, 15) is 4.79 Å². The van der Waals surface area contributed by atoms with Crippen molar-refractivity contribution in [1.29, 1.82) is 0 Å². The first-order valence-corrected chi connectivity index (χ1v) is 10.2. The third kappa shape index (κ3) is 7.67. The van der Waals surface area contributed by atoms with Gasteiger partial charge in [0, 0.05) is 19.7 Å². The molecule has 0 radical (unpaired) electrons. The number of rotatable bonds is 8. The van der Waals surface area contributed by atoms with Crippen LogP contribution < -0.4 is 10.6 Å². The third-order valence-corrected chi connectivity index (χ3v) is 4.66. The maximum absolute atomic E-state index is 12.4. The zero-order chi connectivity index (χ0) is 22.1. The Labute approximate surface area is 205 Å². The summed E-state index contributed by atoms with van der Waals surface area (Å²) in [6.45, 7) is 5.37. The van der Waals surface area contributed by atoms with Gasteiger partial charge in [-0.3, -0.25) is 4.99 Å². The van der Waals surface area contributed by atoms with E-state index in [1.807, 2.05) is 54.6 Å². The summed E-state index contributed by atoms with van der Waals surface area (Å²) < 4.78 is 10.7. The van der Waals surface area contributed by atoms with Crippen molar-refractivity contribution in [3.63, 3.8) is 0 Å². The Morgan fingerprint density at radius 3 is 2.44 bits per heavy atom. The van der Waals surface area contributed by atoms with E-state index in [-0.39, 0.29) is 36.6 Å². The van der Waals surface area contributed by atoms with Gasteiger partial charge in [0.2, 0.25) is 0 Å². The zero-order valence-corrected chi connectivity index (χ0v) is 20.8. The predicted octanol–water partition coefficient (Wildman–Crippen LogP) is 4.64. The number of nitrogens with one attached hydrogen (secondary N) is 2. The molecule has 2 N–H and O–H groups in total. The first-order chi connectivity index (χ1) is 15.0. The highest BCUT2D eigenvalue weighted by molar-refractivity contribution is 14.0. The van der Waals surface area contributed by atoms with Crippen molar-refractivity contribution in [2.75, 3.05) is 7.05 Å². The molecule has 0 bridgehead atoms. The molecule has 0 aliphatic carbocycles. The normalized spacial score (nSPS) is 11.1. The first-order valence-electron chi connectivity index (χ1n) is 10.2. The molecule has 0 saturated heterocycles. The fraction of sp³-hybridized carbons (Fsp3) is 0.292. The summed E-state index contributed by atoms with van der Waals surface area (Å²) in [5, 5.41) is 10.5. The number of carbonyl (C=O) groups excluding carboxylic acids is 1. The van der Waals surface area contributed by atoms with E-state index in [0.29, 0.717) is 30.5 Å². The Morgan fingerprint density at radius 2 is 1.75 bits per heavy atom. The van der Waals surface area contributed by atoms with Gasteiger partial charge in [-0.1, -0.05) is 61.5 Å². The summed E-state index contributed by atoms with van der Waals surface area (Å²) >= 11 is 0. The molecule has 0 amide bonds. The van der Waals surface area contributed by atoms with E-state index in [4.69, 9.17) is 9.26 Å². The van der Waals surface area contributed by atoms with Gasteiger partial charge in [0.1, 0.15) is 6.61 Å². The number of aliphatic imine (C=N–C) groups is 1. The first kappa shape index (κ1) is 25.4. The van der Waals surface area contributed by atoms with E-state index in [2.05, 4.69) is 34.6 Å². The Kier molecular flexibility index (Phi) is 10.2. The van der Waals surface area contributed by atoms with Crippen molar-refractivity contribution in [2.45, 2.75) is 39.5 Å². The number of halogens is 1. The van der Waals surface area contributed by atoms with E-state index in [1.54, 1.807) is 13.1 Å². The SMILES string of the molecule is CN=C(NCc1cccc(C(=O)OCc2ccccc2)c1)NCc1cc(C(C)C)no1.I. The van der Waals surface area contributed by atoms with Gasteiger partial charge >= 0.3 is 5.97 Å². The van der Waals surface area contributed by atoms with Crippen LogP contribution in [0.2, 0.25) is 0 Å². The van der Waals surface area contributed by atoms with Crippen LogP contribution in [0.15, 0.2) is 70.2 Å². The van der Waals surface area contributed by atoms with Crippen molar-refractivity contribution in [3.05, 3.63) is 88.8 Å². The second-order valence-electron chi connectivity index (χ2n) is 7.41. The van der Waals surface area contributed by atoms with Crippen LogP contribution in [0, 0.1) is 0 Å². The highest BCUT2D eigenvalue weighted by Gasteiger charge is 2.10. The Hall–Kier alpha value is -2.88. The maximum Gasteiger partial charge on any atom is 0.338 e. The fourth-order valence-corrected chi connectivity index (χ4v) is 2.88. The molecule has 1 aromatic heterocycles. The van der Waals surface area contributed by atoms with Gasteiger partial charge in [-0.05, 0) is 29.2 Å². The minimum Gasteiger partial charge on any atom is -0.457 e. The maximum atomic E-state index is 12.4. The van der Waals surface area contributed by atoms with Crippen molar-refractivity contribution in [2.24, 2.45) is 4.99 Å². The standard InChI is InChI=1S/C24H28N4O3.HI/c1-17(2)22-13-21(31-28-22)15-27-24(25-3)26-14-19-10-7-11-20(12-19)23(29)30-16-18-8-5-4-6-9-18;/h4-13,17H,14-16H2,1-3H3,(H2,25,26,27);1H. The molecule has 170 valence electrons. The summed E-state index contributed by atoms with van der Waals surface area (Å²) in [5.41, 5.74) is 3.34. The molecule has 0 aliphatic heterocycles. The largest absolute Gasteiger partial charge is 0.457 e. The molecule has 0 fully saturated rings. The molecule has 8 heteroatoms. The number of guanidine groups is 1. The van der Waals surface area contributed by atoms with Crippen molar-refractivity contribution in [1.82, 2.24) is 15.8 Å². The predicted molar refractivity (Wildman–Crippen MR) is 135 cm³/mol. The van der Waals surface area contributed by atoms with Gasteiger partial charge in [0.15, 0.2) is 11.7 Å². The number of hydrogen-bond donors (Lipinski definition) is 2. The van der Waals surface area contributed by atoms with Crippen LogP contribution in [0.5, 0.6) is 0 Å². The number of aromatic nitrogens is 1. The number of nitrogens with zero attached hydrogens (tertiary/aromatic N) is 2. The smallest absolute Gasteiger partial charge is 0.338 e. The lowest BCUT2D eigenvalue weighted by Gasteiger charge is -2.11. The fourth-order valence-electron chi connectivity index (χ4n) is 2.88. The summed E-state index contributed by atoms with van der Waals surface area (Å²) in [6.07, 6.45) is 0. The lowest BCUT2D eigenvalue weighted by Crippen LogP contribution is -2.36. The molecule has 0 unspecified atom stereocenters. The second kappa shape index (κ2) is 12.8. The van der Waals surface area contributed by atoms with Gasteiger partial charge in [-0.25, -0.2) is 4.79 Å². The lowest BCUT2D eigenvalue weighted by atomic mass is 10.1. The van der Waals surface area contributed by atoms with E-state index in [0.717, 1.165) is 22.6 Å². The highest BCUT2D eigenvalue weighted by atomic mass is 127. The molecule has 2 aromatic carbocycles. The van der Waals surface area contributed by atoms with Crippen LogP contribution in [0.4, 0.5) is 0 Å². The van der Waals surface area contributed by atoms with Gasteiger partial charge in [-0.15, -0.1) is 24.0 Å². The van der Waals surface area contributed by atoms with Gasteiger partial charge in [0.25, 0.3) is 0 Å². The van der Waals surface area contributed by atoms with Crippen LogP contribution >= 0.6 is 24.0 Å². The number of esters is 1. The van der Waals surface area contributed by atoms with Crippen LogP contribution in [0.1, 0.15) is 52.7 Å². The number of benzene rings is 2. The molecule has 0 saturated carbocycles. The molecule has 7 nitrogen and oxygen atoms in total. The number of ether oxygens (including phenoxy) is 1. The van der Waals surface area contributed by atoms with E-state index < -0.39 is 0 Å². The molecule has 1 heterocycles. The van der Waals surface area contributed by atoms with Crippen LogP contribution in [-0.2, 0) is 24.4 Å². The summed E-state index contributed by atoms with van der Waals surface area (Å²) in [6, 6.07) is 18.9. The number of hydrogen-bond acceptors (Lipinski definition) is 5. The summed E-state index contributed by atoms with van der Waals surface area (Å²) in [4.78, 5) is 16.6. The topological polar surface area (TPSA) is 88.8 Å². The van der Waals surface area contributed by atoms with Gasteiger partial charge in [0.05, 0.1) is 17.8 Å². The van der Waals surface area contributed by atoms with Crippen molar-refractivity contribution in [3.8, 4) is 0 Å². The molecular weight excluding hydrogens is 519 g/mol. The second-order valence-corrected chi connectivity index (χ2v) is 7.41. The molecule has 3 aromatic rings.